The third kappa shape index (κ3) is 1.80. The molecule has 0 saturated heterocycles. The number of hydrogen-bond acceptors (Lipinski definition) is 2. The first-order chi connectivity index (χ1) is 7.08. The highest BCUT2D eigenvalue weighted by atomic mass is 35.5. The Balaban J connectivity index is 2.61. The van der Waals surface area contributed by atoms with E-state index in [-0.39, 0.29) is 18.4 Å². The van der Waals surface area contributed by atoms with E-state index in [1.54, 1.807) is 12.1 Å². The number of nitrogens with one attached hydrogen (secondary N) is 2. The van der Waals surface area contributed by atoms with E-state index in [0.29, 0.717) is 16.3 Å². The van der Waals surface area contributed by atoms with Crippen LogP contribution in [0.2, 0.25) is 5.02 Å². The highest BCUT2D eigenvalue weighted by Gasteiger charge is 2.21. The zero-order valence-corrected chi connectivity index (χ0v) is 8.81. The summed E-state index contributed by atoms with van der Waals surface area (Å²) in [5.74, 6) is -0.554. The fraction of sp³-hybridized carbons (Fsp3) is 0.200. The summed E-state index contributed by atoms with van der Waals surface area (Å²) in [6.07, 6.45) is 0. The monoisotopic (exact) mass is 224 g/mol. The minimum absolute atomic E-state index is 0.0249. The van der Waals surface area contributed by atoms with Gasteiger partial charge in [-0.25, -0.2) is 0 Å². The summed E-state index contributed by atoms with van der Waals surface area (Å²) in [7, 11) is 0. The molecule has 0 fully saturated rings. The zero-order chi connectivity index (χ0) is 11.0. The van der Waals surface area contributed by atoms with Gasteiger partial charge in [0.15, 0.2) is 0 Å². The molecule has 1 aromatic carbocycles. The molecule has 0 radical (unpaired) electrons. The Morgan fingerprint density at radius 2 is 2.07 bits per heavy atom. The second-order valence-electron chi connectivity index (χ2n) is 3.40. The third-order valence-electron chi connectivity index (χ3n) is 2.15. The van der Waals surface area contributed by atoms with Gasteiger partial charge in [0.25, 0.3) is 5.91 Å². The maximum atomic E-state index is 11.6. The van der Waals surface area contributed by atoms with Crippen LogP contribution in [0, 0.1) is 6.92 Å². The molecule has 78 valence electrons. The number of amides is 2. The summed E-state index contributed by atoms with van der Waals surface area (Å²) in [4.78, 5) is 22.8. The molecule has 0 aromatic heterocycles. The van der Waals surface area contributed by atoms with Crippen LogP contribution in [0.4, 0.5) is 5.69 Å². The van der Waals surface area contributed by atoms with Crippen molar-refractivity contribution in [2.75, 3.05) is 11.9 Å². The SMILES string of the molecule is Cc1cc(Cl)c2c(c1)C(=O)NCC(=O)N2. The number of anilines is 1. The molecule has 0 saturated carbocycles. The van der Waals surface area contributed by atoms with Crippen molar-refractivity contribution in [1.82, 2.24) is 5.32 Å². The minimum atomic E-state index is -0.283. The lowest BCUT2D eigenvalue weighted by Crippen LogP contribution is -2.28. The number of carbonyl (C=O) groups is 2. The summed E-state index contributed by atoms with van der Waals surface area (Å²) < 4.78 is 0. The Kier molecular flexibility index (Phi) is 2.36. The van der Waals surface area contributed by atoms with E-state index in [0.717, 1.165) is 5.56 Å². The van der Waals surface area contributed by atoms with Crippen molar-refractivity contribution < 1.29 is 9.59 Å². The Bertz CT molecular complexity index is 457. The molecule has 5 heteroatoms. The molecule has 1 aromatic rings. The zero-order valence-electron chi connectivity index (χ0n) is 8.06. The number of benzene rings is 1. The predicted octanol–water partition coefficient (Wildman–Crippen LogP) is 1.33. The van der Waals surface area contributed by atoms with Gasteiger partial charge in [-0.05, 0) is 24.6 Å². The van der Waals surface area contributed by atoms with Crippen molar-refractivity contribution in [1.29, 1.82) is 0 Å². The molecule has 2 amide bonds. The van der Waals surface area contributed by atoms with E-state index in [2.05, 4.69) is 10.6 Å². The van der Waals surface area contributed by atoms with Crippen LogP contribution in [0.5, 0.6) is 0 Å². The van der Waals surface area contributed by atoms with Crippen LogP contribution in [-0.2, 0) is 4.79 Å². The van der Waals surface area contributed by atoms with Crippen LogP contribution in [-0.4, -0.2) is 18.4 Å². The van der Waals surface area contributed by atoms with Gasteiger partial charge in [-0.1, -0.05) is 11.6 Å². The van der Waals surface area contributed by atoms with Crippen LogP contribution < -0.4 is 10.6 Å². The number of aryl methyl sites for hydroxylation is 1. The number of carbonyl (C=O) groups excluding carboxylic acids is 2. The van der Waals surface area contributed by atoms with E-state index in [9.17, 15) is 9.59 Å². The van der Waals surface area contributed by atoms with E-state index < -0.39 is 0 Å². The van der Waals surface area contributed by atoms with Crippen molar-refractivity contribution in [3.63, 3.8) is 0 Å². The molecule has 2 rings (SSSR count). The van der Waals surface area contributed by atoms with Crippen LogP contribution in [0.15, 0.2) is 12.1 Å². The van der Waals surface area contributed by atoms with E-state index >= 15 is 0 Å². The summed E-state index contributed by atoms with van der Waals surface area (Å²) in [6.45, 7) is 1.81. The highest BCUT2D eigenvalue weighted by molar-refractivity contribution is 6.35. The van der Waals surface area contributed by atoms with Gasteiger partial charge in [-0.2, -0.15) is 0 Å². The van der Waals surface area contributed by atoms with Crippen LogP contribution in [0.3, 0.4) is 0 Å². The molecule has 1 aliphatic rings. The average molecular weight is 225 g/mol. The molecule has 0 aliphatic carbocycles. The lowest BCUT2D eigenvalue weighted by Gasteiger charge is -2.08. The smallest absolute Gasteiger partial charge is 0.253 e. The third-order valence-corrected chi connectivity index (χ3v) is 2.45. The number of rotatable bonds is 0. The molecule has 15 heavy (non-hydrogen) atoms. The van der Waals surface area contributed by atoms with Crippen molar-refractivity contribution in [2.45, 2.75) is 6.92 Å². The molecule has 0 unspecified atom stereocenters. The quantitative estimate of drug-likeness (QED) is 0.699. The molecule has 0 atom stereocenters. The Hall–Kier alpha value is -1.55. The maximum Gasteiger partial charge on any atom is 0.253 e. The van der Waals surface area contributed by atoms with Gasteiger partial charge in [0.1, 0.15) is 0 Å². The maximum absolute atomic E-state index is 11.6. The summed E-state index contributed by atoms with van der Waals surface area (Å²) >= 11 is 5.96. The number of fused-ring (bicyclic) bond motifs is 1. The Morgan fingerprint density at radius 1 is 1.33 bits per heavy atom. The van der Waals surface area contributed by atoms with Gasteiger partial charge < -0.3 is 10.6 Å². The molecule has 0 spiro atoms. The first-order valence-electron chi connectivity index (χ1n) is 4.46. The van der Waals surface area contributed by atoms with Crippen molar-refractivity contribution in [3.05, 3.63) is 28.3 Å². The first-order valence-corrected chi connectivity index (χ1v) is 4.84. The summed E-state index contributed by atoms with van der Waals surface area (Å²) in [5.41, 5.74) is 1.68. The molecule has 4 nitrogen and oxygen atoms in total. The van der Waals surface area contributed by atoms with Gasteiger partial charge >= 0.3 is 0 Å². The van der Waals surface area contributed by atoms with Gasteiger partial charge in [0, 0.05) is 0 Å². The lowest BCUT2D eigenvalue weighted by molar-refractivity contribution is -0.115. The van der Waals surface area contributed by atoms with Crippen molar-refractivity contribution in [3.8, 4) is 0 Å². The molecule has 1 aliphatic heterocycles. The van der Waals surface area contributed by atoms with Crippen LogP contribution in [0.1, 0.15) is 15.9 Å². The lowest BCUT2D eigenvalue weighted by atomic mass is 10.1. The fourth-order valence-corrected chi connectivity index (χ4v) is 1.81. The fourth-order valence-electron chi connectivity index (χ4n) is 1.49. The van der Waals surface area contributed by atoms with Gasteiger partial charge in [0.2, 0.25) is 5.91 Å². The molecule has 1 heterocycles. The van der Waals surface area contributed by atoms with E-state index in [1.807, 2.05) is 6.92 Å². The standard InChI is InChI=1S/C10H9ClN2O2/c1-5-2-6-9(7(11)3-5)13-8(14)4-12-10(6)15/h2-3H,4H2,1H3,(H,12,15)(H,13,14). The van der Waals surface area contributed by atoms with Crippen LogP contribution in [0.25, 0.3) is 0 Å². The molecular formula is C10H9ClN2O2. The Labute approximate surface area is 91.6 Å². The summed E-state index contributed by atoms with van der Waals surface area (Å²) in [6, 6.07) is 3.40. The topological polar surface area (TPSA) is 58.2 Å². The van der Waals surface area contributed by atoms with Gasteiger partial charge in [0.05, 0.1) is 22.8 Å². The van der Waals surface area contributed by atoms with Crippen LogP contribution >= 0.6 is 11.6 Å². The molecular weight excluding hydrogens is 216 g/mol. The largest absolute Gasteiger partial charge is 0.343 e. The van der Waals surface area contributed by atoms with Crippen molar-refractivity contribution >= 4 is 29.1 Å². The second-order valence-corrected chi connectivity index (χ2v) is 3.81. The molecule has 0 bridgehead atoms. The number of halogens is 1. The van der Waals surface area contributed by atoms with E-state index in [4.69, 9.17) is 11.6 Å². The predicted molar refractivity (Wildman–Crippen MR) is 57.2 cm³/mol. The average Bonchev–Trinajstić information content (AvgIpc) is 2.30. The second kappa shape index (κ2) is 3.55. The Morgan fingerprint density at radius 3 is 2.80 bits per heavy atom. The van der Waals surface area contributed by atoms with E-state index in [1.165, 1.54) is 0 Å². The van der Waals surface area contributed by atoms with Gasteiger partial charge in [-0.15, -0.1) is 0 Å². The van der Waals surface area contributed by atoms with Gasteiger partial charge in [-0.3, -0.25) is 9.59 Å². The number of hydrogen-bond donors (Lipinski definition) is 2. The summed E-state index contributed by atoms with van der Waals surface area (Å²) in [5, 5.41) is 5.47. The highest BCUT2D eigenvalue weighted by Crippen LogP contribution is 2.28. The first kappa shape index (κ1) is 9.98. The molecule has 2 N–H and O–H groups in total. The van der Waals surface area contributed by atoms with Crippen molar-refractivity contribution in [2.24, 2.45) is 0 Å². The minimum Gasteiger partial charge on any atom is -0.343 e. The normalized spacial score (nSPS) is 15.1.